The first-order chi connectivity index (χ1) is 10.3. The largest absolute Gasteiger partial charge is 0.493 e. The maximum Gasteiger partial charge on any atom is 0.225 e. The summed E-state index contributed by atoms with van der Waals surface area (Å²) in [5, 5.41) is 0.563. The maximum absolute atomic E-state index is 5.83. The normalized spacial score (nSPS) is 16.9. The van der Waals surface area contributed by atoms with Gasteiger partial charge in [-0.3, -0.25) is 4.98 Å². The third-order valence-electron chi connectivity index (χ3n) is 3.54. The molecule has 0 aromatic carbocycles. The molecule has 3 rings (SSSR count). The van der Waals surface area contributed by atoms with Crippen molar-refractivity contribution in [1.29, 1.82) is 0 Å². The Morgan fingerprint density at radius 3 is 2.57 bits per heavy atom. The van der Waals surface area contributed by atoms with E-state index in [4.69, 9.17) is 16.3 Å². The lowest BCUT2D eigenvalue weighted by Gasteiger charge is -2.32. The molecule has 2 aromatic rings. The Morgan fingerprint density at radius 2 is 1.87 bits per heavy atom. The molecule has 1 atom stereocenters. The minimum absolute atomic E-state index is 0. The molecule has 1 unspecified atom stereocenters. The minimum Gasteiger partial charge on any atom is -0.493 e. The van der Waals surface area contributed by atoms with Gasteiger partial charge in [0.05, 0.1) is 24.0 Å². The van der Waals surface area contributed by atoms with Crippen molar-refractivity contribution < 1.29 is 4.74 Å². The van der Waals surface area contributed by atoms with Crippen LogP contribution in [0, 0.1) is 5.92 Å². The molecule has 0 aliphatic carbocycles. The Hall–Kier alpha value is -1.30. The van der Waals surface area contributed by atoms with Gasteiger partial charge in [-0.1, -0.05) is 11.6 Å². The first-order valence-corrected chi connectivity index (χ1v) is 7.44. The van der Waals surface area contributed by atoms with Gasteiger partial charge in [0.15, 0.2) is 0 Å². The molecule has 1 aliphatic heterocycles. The van der Waals surface area contributed by atoms with Gasteiger partial charge in [0, 0.05) is 31.4 Å². The fourth-order valence-corrected chi connectivity index (χ4v) is 2.60. The van der Waals surface area contributed by atoms with Crippen LogP contribution < -0.4 is 9.64 Å². The van der Waals surface area contributed by atoms with E-state index in [0.29, 0.717) is 17.5 Å². The summed E-state index contributed by atoms with van der Waals surface area (Å²) in [5.41, 5.74) is 0. The molecule has 0 N–H and O–H groups in total. The van der Waals surface area contributed by atoms with Gasteiger partial charge in [0.25, 0.3) is 0 Å². The number of pyridine rings is 1. The summed E-state index contributed by atoms with van der Waals surface area (Å²) in [6.07, 6.45) is 9.04. The third-order valence-corrected chi connectivity index (χ3v) is 3.74. The topological polar surface area (TPSA) is 51.1 Å². The van der Waals surface area contributed by atoms with Gasteiger partial charge in [0.1, 0.15) is 5.75 Å². The molecule has 2 aromatic heterocycles. The molecule has 1 fully saturated rings. The second kappa shape index (κ2) is 9.75. The average Bonchev–Trinajstić information content (AvgIpc) is 2.55. The van der Waals surface area contributed by atoms with Crippen LogP contribution in [0.5, 0.6) is 5.75 Å². The van der Waals surface area contributed by atoms with Crippen LogP contribution in [0.3, 0.4) is 0 Å². The Kier molecular flexibility index (Phi) is 8.37. The van der Waals surface area contributed by atoms with E-state index in [1.165, 1.54) is 0 Å². The van der Waals surface area contributed by atoms with Gasteiger partial charge >= 0.3 is 0 Å². The van der Waals surface area contributed by atoms with Gasteiger partial charge in [0.2, 0.25) is 5.95 Å². The number of hydrogen-bond acceptors (Lipinski definition) is 5. The highest BCUT2D eigenvalue weighted by Crippen LogP contribution is 2.21. The maximum atomic E-state index is 5.83. The van der Waals surface area contributed by atoms with Crippen molar-refractivity contribution in [2.45, 2.75) is 12.8 Å². The average molecular weight is 378 g/mol. The molecule has 5 nitrogen and oxygen atoms in total. The van der Waals surface area contributed by atoms with Crippen LogP contribution in [-0.4, -0.2) is 34.6 Å². The molecule has 8 heteroatoms. The van der Waals surface area contributed by atoms with E-state index in [-0.39, 0.29) is 24.8 Å². The quantitative estimate of drug-likeness (QED) is 0.814. The third kappa shape index (κ3) is 5.68. The second-order valence-corrected chi connectivity index (χ2v) is 5.59. The summed E-state index contributed by atoms with van der Waals surface area (Å²) in [6, 6.07) is 3.76. The van der Waals surface area contributed by atoms with Crippen LogP contribution in [-0.2, 0) is 0 Å². The van der Waals surface area contributed by atoms with Crippen LogP contribution in [0.2, 0.25) is 5.02 Å². The summed E-state index contributed by atoms with van der Waals surface area (Å²) in [6.45, 7) is 2.59. The van der Waals surface area contributed by atoms with Crippen LogP contribution in [0.15, 0.2) is 36.9 Å². The molecule has 0 spiro atoms. The second-order valence-electron chi connectivity index (χ2n) is 5.15. The van der Waals surface area contributed by atoms with E-state index in [9.17, 15) is 0 Å². The van der Waals surface area contributed by atoms with Gasteiger partial charge < -0.3 is 9.64 Å². The summed E-state index contributed by atoms with van der Waals surface area (Å²) in [7, 11) is 0. The van der Waals surface area contributed by atoms with Crippen LogP contribution >= 0.6 is 36.4 Å². The van der Waals surface area contributed by atoms with Gasteiger partial charge in [-0.2, -0.15) is 0 Å². The molecule has 126 valence electrons. The van der Waals surface area contributed by atoms with Gasteiger partial charge in [-0.05, 0) is 25.0 Å². The van der Waals surface area contributed by atoms with Crippen molar-refractivity contribution in [3.05, 3.63) is 41.9 Å². The lowest BCUT2D eigenvalue weighted by molar-refractivity contribution is 0.228. The zero-order valence-electron chi connectivity index (χ0n) is 12.5. The molecular formula is C15H19Cl3N4O. The molecule has 1 aliphatic rings. The van der Waals surface area contributed by atoms with E-state index in [1.807, 2.05) is 12.1 Å². The number of halogens is 3. The SMILES string of the molecule is Cl.Cl.Clc1cnc(N2CCCC(COc3ccncc3)C2)nc1. The summed E-state index contributed by atoms with van der Waals surface area (Å²) < 4.78 is 5.82. The van der Waals surface area contributed by atoms with Crippen molar-refractivity contribution in [3.8, 4) is 5.75 Å². The van der Waals surface area contributed by atoms with Crippen molar-refractivity contribution in [2.75, 3.05) is 24.6 Å². The number of piperidine rings is 1. The molecule has 1 saturated heterocycles. The van der Waals surface area contributed by atoms with Gasteiger partial charge in [-0.25, -0.2) is 9.97 Å². The van der Waals surface area contributed by atoms with Crippen LogP contribution in [0.25, 0.3) is 0 Å². The summed E-state index contributed by atoms with van der Waals surface area (Å²) >= 11 is 5.83. The number of anilines is 1. The highest BCUT2D eigenvalue weighted by atomic mass is 35.5. The highest BCUT2D eigenvalue weighted by Gasteiger charge is 2.22. The number of rotatable bonds is 4. The highest BCUT2D eigenvalue weighted by molar-refractivity contribution is 6.30. The lowest BCUT2D eigenvalue weighted by Crippen LogP contribution is -2.38. The number of nitrogens with zero attached hydrogens (tertiary/aromatic N) is 4. The lowest BCUT2D eigenvalue weighted by atomic mass is 9.99. The van der Waals surface area contributed by atoms with Crippen molar-refractivity contribution in [3.63, 3.8) is 0 Å². The van der Waals surface area contributed by atoms with Gasteiger partial charge in [-0.15, -0.1) is 24.8 Å². The minimum atomic E-state index is 0. The van der Waals surface area contributed by atoms with E-state index in [0.717, 1.165) is 37.6 Å². The van der Waals surface area contributed by atoms with Crippen LogP contribution in [0.1, 0.15) is 12.8 Å². The molecule has 0 radical (unpaired) electrons. The van der Waals surface area contributed by atoms with E-state index < -0.39 is 0 Å². The first kappa shape index (κ1) is 19.7. The van der Waals surface area contributed by atoms with E-state index in [2.05, 4.69) is 19.9 Å². The molecule has 0 saturated carbocycles. The predicted molar refractivity (Wildman–Crippen MR) is 96.2 cm³/mol. The monoisotopic (exact) mass is 376 g/mol. The first-order valence-electron chi connectivity index (χ1n) is 7.06. The zero-order valence-corrected chi connectivity index (χ0v) is 14.9. The van der Waals surface area contributed by atoms with E-state index >= 15 is 0 Å². The zero-order chi connectivity index (χ0) is 14.5. The van der Waals surface area contributed by atoms with Crippen LogP contribution in [0.4, 0.5) is 5.95 Å². The number of hydrogen-bond donors (Lipinski definition) is 0. The molecule has 23 heavy (non-hydrogen) atoms. The molecule has 0 bridgehead atoms. The number of aromatic nitrogens is 3. The Labute approximate surface area is 153 Å². The predicted octanol–water partition coefficient (Wildman–Crippen LogP) is 3.66. The summed E-state index contributed by atoms with van der Waals surface area (Å²) in [4.78, 5) is 14.8. The molecular weight excluding hydrogens is 359 g/mol. The summed E-state index contributed by atoms with van der Waals surface area (Å²) in [5.74, 6) is 2.09. The van der Waals surface area contributed by atoms with E-state index in [1.54, 1.807) is 24.8 Å². The standard InChI is InChI=1S/C15H17ClN4O.2ClH/c16-13-8-18-15(19-9-13)20-7-1-2-12(10-20)11-21-14-3-5-17-6-4-14;;/h3-6,8-9,12H,1-2,7,10-11H2;2*1H. The Balaban J connectivity index is 0.00000132. The molecule has 3 heterocycles. The fraction of sp³-hybridized carbons (Fsp3) is 0.400. The van der Waals surface area contributed by atoms with Crippen molar-refractivity contribution in [2.24, 2.45) is 5.92 Å². The Morgan fingerprint density at radius 1 is 1.17 bits per heavy atom. The molecule has 0 amide bonds. The fourth-order valence-electron chi connectivity index (χ4n) is 2.50. The van der Waals surface area contributed by atoms with Crippen molar-refractivity contribution >= 4 is 42.4 Å². The number of ether oxygens (including phenoxy) is 1. The Bertz CT molecular complexity index is 571. The smallest absolute Gasteiger partial charge is 0.225 e. The van der Waals surface area contributed by atoms with Crippen molar-refractivity contribution in [1.82, 2.24) is 15.0 Å².